The minimum atomic E-state index is -0.458. The fourth-order valence-corrected chi connectivity index (χ4v) is 3.41. The van der Waals surface area contributed by atoms with Gasteiger partial charge in [-0.05, 0) is 40.8 Å². The molecule has 0 bridgehead atoms. The van der Waals surface area contributed by atoms with Crippen LogP contribution in [0.3, 0.4) is 0 Å². The maximum atomic E-state index is 13.3. The summed E-state index contributed by atoms with van der Waals surface area (Å²) in [4.78, 5) is 15.1. The Morgan fingerprint density at radius 1 is 0.786 bits per heavy atom. The SMILES string of the molecule is CC(C)(C)c1ccc([C@@H]2O[C@H]2C(=O)N(c2ccccc2)c2ccccc2)cc1. The van der Waals surface area contributed by atoms with Gasteiger partial charge in [-0.15, -0.1) is 0 Å². The molecule has 4 rings (SSSR count). The molecular weight excluding hydrogens is 346 g/mol. The van der Waals surface area contributed by atoms with Crippen molar-refractivity contribution < 1.29 is 9.53 Å². The quantitative estimate of drug-likeness (QED) is 0.544. The first kappa shape index (κ1) is 18.5. The van der Waals surface area contributed by atoms with Gasteiger partial charge in [-0.1, -0.05) is 81.4 Å². The summed E-state index contributed by atoms with van der Waals surface area (Å²) in [6.45, 7) is 6.58. The van der Waals surface area contributed by atoms with E-state index in [0.717, 1.165) is 16.9 Å². The van der Waals surface area contributed by atoms with Gasteiger partial charge in [-0.3, -0.25) is 9.69 Å². The number of hydrogen-bond donors (Lipinski definition) is 0. The number of nitrogens with zero attached hydrogens (tertiary/aromatic N) is 1. The lowest BCUT2D eigenvalue weighted by Crippen LogP contribution is -2.30. The molecule has 0 saturated carbocycles. The molecule has 1 aliphatic rings. The van der Waals surface area contributed by atoms with Gasteiger partial charge in [0.25, 0.3) is 5.91 Å². The fourth-order valence-electron chi connectivity index (χ4n) is 3.41. The molecule has 1 amide bonds. The molecule has 3 heteroatoms. The Kier molecular flexibility index (Phi) is 4.78. The molecule has 0 unspecified atom stereocenters. The molecule has 0 N–H and O–H groups in total. The van der Waals surface area contributed by atoms with Crippen LogP contribution in [-0.2, 0) is 14.9 Å². The lowest BCUT2D eigenvalue weighted by atomic mass is 9.86. The predicted octanol–water partition coefficient (Wildman–Crippen LogP) is 5.79. The zero-order chi connectivity index (χ0) is 19.7. The largest absolute Gasteiger partial charge is 0.354 e. The van der Waals surface area contributed by atoms with Crippen LogP contribution in [0.2, 0.25) is 0 Å². The number of amides is 1. The van der Waals surface area contributed by atoms with Gasteiger partial charge in [0.2, 0.25) is 0 Å². The number of carbonyl (C=O) groups excluding carboxylic acids is 1. The van der Waals surface area contributed by atoms with E-state index >= 15 is 0 Å². The minimum absolute atomic E-state index is 0.0395. The van der Waals surface area contributed by atoms with E-state index in [9.17, 15) is 4.79 Å². The lowest BCUT2D eigenvalue weighted by Gasteiger charge is -2.22. The first-order valence-corrected chi connectivity index (χ1v) is 9.65. The Morgan fingerprint density at radius 3 is 1.75 bits per heavy atom. The highest BCUT2D eigenvalue weighted by atomic mass is 16.6. The topological polar surface area (TPSA) is 32.8 Å². The van der Waals surface area contributed by atoms with Crippen molar-refractivity contribution in [2.75, 3.05) is 4.90 Å². The van der Waals surface area contributed by atoms with E-state index in [1.807, 2.05) is 60.7 Å². The summed E-state index contributed by atoms with van der Waals surface area (Å²) in [6.07, 6.45) is -0.641. The second kappa shape index (κ2) is 7.25. The Labute approximate surface area is 166 Å². The molecule has 3 nitrogen and oxygen atoms in total. The average Bonchev–Trinajstić information content (AvgIpc) is 3.50. The maximum absolute atomic E-state index is 13.3. The van der Waals surface area contributed by atoms with Crippen LogP contribution in [0.25, 0.3) is 0 Å². The van der Waals surface area contributed by atoms with Crippen LogP contribution in [0.4, 0.5) is 11.4 Å². The molecule has 0 aliphatic carbocycles. The minimum Gasteiger partial charge on any atom is -0.354 e. The van der Waals surface area contributed by atoms with Gasteiger partial charge in [0.1, 0.15) is 6.10 Å². The summed E-state index contributed by atoms with van der Waals surface area (Å²) in [6, 6.07) is 27.8. The molecule has 2 atom stereocenters. The van der Waals surface area contributed by atoms with Gasteiger partial charge in [-0.2, -0.15) is 0 Å². The zero-order valence-corrected chi connectivity index (χ0v) is 16.5. The van der Waals surface area contributed by atoms with E-state index in [-0.39, 0.29) is 17.4 Å². The van der Waals surface area contributed by atoms with Gasteiger partial charge in [0, 0.05) is 11.4 Å². The highest BCUT2D eigenvalue weighted by molar-refractivity contribution is 6.04. The Bertz CT molecular complexity index is 904. The Balaban J connectivity index is 1.58. The molecule has 1 heterocycles. The molecular formula is C25H25NO2. The van der Waals surface area contributed by atoms with E-state index in [2.05, 4.69) is 45.0 Å². The van der Waals surface area contributed by atoms with Crippen molar-refractivity contribution in [3.63, 3.8) is 0 Å². The highest BCUT2D eigenvalue weighted by Crippen LogP contribution is 2.42. The number of ether oxygens (including phenoxy) is 1. The zero-order valence-electron chi connectivity index (χ0n) is 16.5. The van der Waals surface area contributed by atoms with Crippen LogP contribution >= 0.6 is 0 Å². The third-order valence-corrected chi connectivity index (χ3v) is 5.09. The van der Waals surface area contributed by atoms with E-state index in [1.54, 1.807) is 4.90 Å². The number of carbonyl (C=O) groups is 1. The summed E-state index contributed by atoms with van der Waals surface area (Å²) in [5, 5.41) is 0. The van der Waals surface area contributed by atoms with Crippen LogP contribution in [-0.4, -0.2) is 12.0 Å². The van der Waals surface area contributed by atoms with Crippen LogP contribution in [0.5, 0.6) is 0 Å². The molecule has 3 aromatic rings. The molecule has 1 fully saturated rings. The van der Waals surface area contributed by atoms with Gasteiger partial charge in [-0.25, -0.2) is 0 Å². The van der Waals surface area contributed by atoms with Gasteiger partial charge in [0.05, 0.1) is 0 Å². The van der Waals surface area contributed by atoms with E-state index in [1.165, 1.54) is 5.56 Å². The highest BCUT2D eigenvalue weighted by Gasteiger charge is 2.48. The smallest absolute Gasteiger partial charge is 0.263 e. The molecule has 1 saturated heterocycles. The first-order valence-electron chi connectivity index (χ1n) is 9.65. The number of para-hydroxylation sites is 2. The summed E-state index contributed by atoms with van der Waals surface area (Å²) in [5.74, 6) is -0.0395. The van der Waals surface area contributed by atoms with Crippen molar-refractivity contribution in [3.05, 3.63) is 96.1 Å². The van der Waals surface area contributed by atoms with Crippen molar-refractivity contribution in [1.29, 1.82) is 0 Å². The molecule has 142 valence electrons. The van der Waals surface area contributed by atoms with E-state index in [4.69, 9.17) is 4.74 Å². The fraction of sp³-hybridized carbons (Fsp3) is 0.240. The lowest BCUT2D eigenvalue weighted by molar-refractivity contribution is -0.119. The van der Waals surface area contributed by atoms with Crippen molar-refractivity contribution in [3.8, 4) is 0 Å². The van der Waals surface area contributed by atoms with Crippen molar-refractivity contribution in [1.82, 2.24) is 0 Å². The number of rotatable bonds is 4. The second-order valence-corrected chi connectivity index (χ2v) is 8.19. The van der Waals surface area contributed by atoms with Crippen LogP contribution in [0.15, 0.2) is 84.9 Å². The van der Waals surface area contributed by atoms with Gasteiger partial charge < -0.3 is 4.74 Å². The second-order valence-electron chi connectivity index (χ2n) is 8.19. The number of anilines is 2. The summed E-state index contributed by atoms with van der Waals surface area (Å²) in [7, 11) is 0. The molecule has 28 heavy (non-hydrogen) atoms. The Hall–Kier alpha value is -2.91. The van der Waals surface area contributed by atoms with Crippen LogP contribution < -0.4 is 4.90 Å². The average molecular weight is 371 g/mol. The van der Waals surface area contributed by atoms with Crippen LogP contribution in [0, 0.1) is 0 Å². The van der Waals surface area contributed by atoms with E-state index < -0.39 is 6.10 Å². The van der Waals surface area contributed by atoms with Crippen molar-refractivity contribution >= 4 is 17.3 Å². The first-order chi connectivity index (χ1) is 13.4. The summed E-state index contributed by atoms with van der Waals surface area (Å²) < 4.78 is 5.82. The third-order valence-electron chi connectivity index (χ3n) is 5.09. The maximum Gasteiger partial charge on any atom is 0.263 e. The van der Waals surface area contributed by atoms with Crippen molar-refractivity contribution in [2.24, 2.45) is 0 Å². The summed E-state index contributed by atoms with van der Waals surface area (Å²) in [5.41, 5.74) is 4.12. The monoisotopic (exact) mass is 371 g/mol. The summed E-state index contributed by atoms with van der Waals surface area (Å²) >= 11 is 0. The number of benzene rings is 3. The van der Waals surface area contributed by atoms with E-state index in [0.29, 0.717) is 0 Å². The molecule has 0 aromatic heterocycles. The molecule has 3 aromatic carbocycles. The van der Waals surface area contributed by atoms with Gasteiger partial charge >= 0.3 is 0 Å². The van der Waals surface area contributed by atoms with Crippen LogP contribution in [0.1, 0.15) is 38.0 Å². The Morgan fingerprint density at radius 2 is 1.29 bits per heavy atom. The predicted molar refractivity (Wildman–Crippen MR) is 113 cm³/mol. The van der Waals surface area contributed by atoms with Gasteiger partial charge in [0.15, 0.2) is 6.10 Å². The standard InChI is InChI=1S/C25H25NO2/c1-25(2,3)19-16-14-18(15-17-19)22-23(28-22)24(27)26(20-10-6-4-7-11-20)21-12-8-5-9-13-21/h4-17,22-23H,1-3H3/t22-,23+/m0/s1. The molecule has 1 aliphatic heterocycles. The normalized spacial score (nSPS) is 18.5. The third kappa shape index (κ3) is 3.71. The molecule has 0 radical (unpaired) electrons. The number of epoxide rings is 1. The van der Waals surface area contributed by atoms with Crippen molar-refractivity contribution in [2.45, 2.75) is 38.4 Å². The molecule has 0 spiro atoms. The number of hydrogen-bond acceptors (Lipinski definition) is 2.